The quantitative estimate of drug-likeness (QED) is 0.914. The van der Waals surface area contributed by atoms with Crippen LogP contribution in [0.2, 0.25) is 0 Å². The van der Waals surface area contributed by atoms with Crippen molar-refractivity contribution in [2.24, 2.45) is 0 Å². The molecule has 3 heteroatoms. The molecule has 0 bridgehead atoms. The molecule has 2 aromatic rings. The Morgan fingerprint density at radius 2 is 2.05 bits per heavy atom. The van der Waals surface area contributed by atoms with E-state index in [0.29, 0.717) is 12.7 Å². The predicted molar refractivity (Wildman–Crippen MR) is 84.5 cm³/mol. The van der Waals surface area contributed by atoms with Gasteiger partial charge in [-0.2, -0.15) is 0 Å². The highest BCUT2D eigenvalue weighted by Crippen LogP contribution is 2.27. The van der Waals surface area contributed by atoms with E-state index in [1.807, 2.05) is 12.1 Å². The number of nitrogens with one attached hydrogen (secondary N) is 1. The van der Waals surface area contributed by atoms with Gasteiger partial charge in [0.15, 0.2) is 0 Å². The minimum absolute atomic E-state index is 0.336. The summed E-state index contributed by atoms with van der Waals surface area (Å²) in [5.74, 6) is 0.878. The summed E-state index contributed by atoms with van der Waals surface area (Å²) >= 11 is 0. The molecular formula is C18H21NO2. The van der Waals surface area contributed by atoms with Crippen molar-refractivity contribution in [1.82, 2.24) is 5.32 Å². The van der Waals surface area contributed by atoms with Gasteiger partial charge >= 0.3 is 0 Å². The van der Waals surface area contributed by atoms with E-state index < -0.39 is 0 Å². The van der Waals surface area contributed by atoms with E-state index in [1.54, 1.807) is 7.11 Å². The van der Waals surface area contributed by atoms with E-state index >= 15 is 0 Å². The molecule has 110 valence electrons. The second-order valence-electron chi connectivity index (χ2n) is 5.31. The van der Waals surface area contributed by atoms with E-state index in [-0.39, 0.29) is 0 Å². The Balaban J connectivity index is 1.80. The highest BCUT2D eigenvalue weighted by Gasteiger charge is 2.15. The Bertz CT molecular complexity index is 591. The smallest absolute Gasteiger partial charge is 0.119 e. The fourth-order valence-corrected chi connectivity index (χ4v) is 2.70. The molecule has 1 heterocycles. The molecule has 0 amide bonds. The fraction of sp³-hybridized carbons (Fsp3) is 0.333. The summed E-state index contributed by atoms with van der Waals surface area (Å²) in [6.45, 7) is 2.67. The molecule has 0 spiro atoms. The summed E-state index contributed by atoms with van der Waals surface area (Å²) in [5.41, 5.74) is 3.60. The van der Waals surface area contributed by atoms with Gasteiger partial charge in [-0.1, -0.05) is 36.4 Å². The third-order valence-corrected chi connectivity index (χ3v) is 3.89. The molecule has 0 saturated carbocycles. The highest BCUT2D eigenvalue weighted by atomic mass is 16.5. The maximum atomic E-state index is 6.01. The highest BCUT2D eigenvalue weighted by molar-refractivity contribution is 5.68. The number of hydrogen-bond donors (Lipinski definition) is 1. The number of benzene rings is 2. The molecule has 1 atom stereocenters. The van der Waals surface area contributed by atoms with Crippen molar-refractivity contribution >= 4 is 0 Å². The minimum Gasteiger partial charge on any atom is -0.497 e. The summed E-state index contributed by atoms with van der Waals surface area (Å²) < 4.78 is 11.3. The maximum absolute atomic E-state index is 6.01. The Hall–Kier alpha value is -1.84. The van der Waals surface area contributed by atoms with E-state index in [1.165, 1.54) is 11.1 Å². The van der Waals surface area contributed by atoms with Crippen LogP contribution in [0.3, 0.4) is 0 Å². The third-order valence-electron chi connectivity index (χ3n) is 3.89. The van der Waals surface area contributed by atoms with Gasteiger partial charge in [-0.05, 0) is 41.8 Å². The summed E-state index contributed by atoms with van der Waals surface area (Å²) in [7, 11) is 1.70. The van der Waals surface area contributed by atoms with Crippen molar-refractivity contribution in [3.05, 3.63) is 54.1 Å². The van der Waals surface area contributed by atoms with Crippen LogP contribution in [-0.2, 0) is 11.3 Å². The lowest BCUT2D eigenvalue weighted by Crippen LogP contribution is -2.16. The Morgan fingerprint density at radius 3 is 2.86 bits per heavy atom. The molecule has 3 rings (SSSR count). The first-order chi connectivity index (χ1) is 10.4. The van der Waals surface area contributed by atoms with Crippen LogP contribution in [0.4, 0.5) is 0 Å². The van der Waals surface area contributed by atoms with Gasteiger partial charge in [0.25, 0.3) is 0 Å². The van der Waals surface area contributed by atoms with Crippen LogP contribution in [0.5, 0.6) is 5.75 Å². The van der Waals surface area contributed by atoms with Crippen LogP contribution in [0, 0.1) is 0 Å². The Morgan fingerprint density at radius 1 is 1.14 bits per heavy atom. The van der Waals surface area contributed by atoms with Crippen molar-refractivity contribution < 1.29 is 9.47 Å². The molecule has 1 aliphatic heterocycles. The summed E-state index contributed by atoms with van der Waals surface area (Å²) in [6.07, 6.45) is 1.43. The van der Waals surface area contributed by atoms with Crippen LogP contribution in [0.15, 0.2) is 48.5 Å². The maximum Gasteiger partial charge on any atom is 0.119 e. The van der Waals surface area contributed by atoms with E-state index in [9.17, 15) is 0 Å². The van der Waals surface area contributed by atoms with Crippen LogP contribution < -0.4 is 10.1 Å². The monoisotopic (exact) mass is 283 g/mol. The molecule has 2 aromatic carbocycles. The van der Waals surface area contributed by atoms with Gasteiger partial charge in [-0.3, -0.25) is 0 Å². The molecule has 1 aliphatic rings. The van der Waals surface area contributed by atoms with Crippen LogP contribution in [0.1, 0.15) is 12.0 Å². The van der Waals surface area contributed by atoms with Crippen LogP contribution in [0.25, 0.3) is 11.1 Å². The van der Waals surface area contributed by atoms with E-state index in [0.717, 1.165) is 30.8 Å². The van der Waals surface area contributed by atoms with Gasteiger partial charge in [0.2, 0.25) is 0 Å². The average molecular weight is 283 g/mol. The lowest BCUT2D eigenvalue weighted by molar-refractivity contribution is 0.0545. The lowest BCUT2D eigenvalue weighted by atomic mass is 10.00. The second kappa shape index (κ2) is 6.74. The topological polar surface area (TPSA) is 30.5 Å². The third kappa shape index (κ3) is 3.43. The second-order valence-corrected chi connectivity index (χ2v) is 5.31. The molecule has 1 saturated heterocycles. The number of ether oxygens (including phenoxy) is 2. The number of methoxy groups -OCH3 is 1. The van der Waals surface area contributed by atoms with Gasteiger partial charge in [0.05, 0.1) is 19.8 Å². The number of rotatable bonds is 5. The van der Waals surface area contributed by atoms with Gasteiger partial charge in [0, 0.05) is 6.54 Å². The normalized spacial score (nSPS) is 17.9. The minimum atomic E-state index is 0.336. The van der Waals surface area contributed by atoms with Crippen LogP contribution >= 0.6 is 0 Å². The number of hydrogen-bond acceptors (Lipinski definition) is 3. The Kier molecular flexibility index (Phi) is 4.53. The van der Waals surface area contributed by atoms with Crippen molar-refractivity contribution in [3.63, 3.8) is 0 Å². The first kappa shape index (κ1) is 14.1. The molecule has 0 unspecified atom stereocenters. The molecule has 21 heavy (non-hydrogen) atoms. The fourth-order valence-electron chi connectivity index (χ4n) is 2.70. The zero-order chi connectivity index (χ0) is 14.5. The zero-order valence-corrected chi connectivity index (χ0v) is 12.3. The molecule has 0 aromatic heterocycles. The van der Waals surface area contributed by atoms with E-state index in [2.05, 4.69) is 41.7 Å². The lowest BCUT2D eigenvalue weighted by Gasteiger charge is -2.14. The predicted octanol–water partition coefficient (Wildman–Crippen LogP) is 3.24. The van der Waals surface area contributed by atoms with E-state index in [4.69, 9.17) is 9.47 Å². The molecular weight excluding hydrogens is 262 g/mol. The van der Waals surface area contributed by atoms with Crippen molar-refractivity contribution in [2.75, 3.05) is 20.2 Å². The zero-order valence-electron chi connectivity index (χ0n) is 12.3. The Labute approximate surface area is 125 Å². The van der Waals surface area contributed by atoms with Gasteiger partial charge in [0.1, 0.15) is 5.75 Å². The molecule has 0 aliphatic carbocycles. The van der Waals surface area contributed by atoms with Crippen molar-refractivity contribution in [1.29, 1.82) is 0 Å². The molecule has 1 fully saturated rings. The van der Waals surface area contributed by atoms with Crippen LogP contribution in [-0.4, -0.2) is 26.3 Å². The molecule has 3 nitrogen and oxygen atoms in total. The molecule has 0 radical (unpaired) electrons. The standard InChI is InChI=1S/C18H21NO2/c1-20-16-7-4-6-14(11-16)18-8-3-2-5-15(18)13-21-17-9-10-19-12-17/h2-8,11,17,19H,9-10,12-13H2,1H3/t17-/m0/s1. The summed E-state index contributed by atoms with van der Waals surface area (Å²) in [4.78, 5) is 0. The van der Waals surface area contributed by atoms with Crippen molar-refractivity contribution in [3.8, 4) is 16.9 Å². The largest absolute Gasteiger partial charge is 0.497 e. The summed E-state index contributed by atoms with van der Waals surface area (Å²) in [6, 6.07) is 16.6. The first-order valence-electron chi connectivity index (χ1n) is 7.41. The molecule has 1 N–H and O–H groups in total. The summed E-state index contributed by atoms with van der Waals surface area (Å²) in [5, 5.41) is 3.33. The average Bonchev–Trinajstić information content (AvgIpc) is 3.07. The van der Waals surface area contributed by atoms with Gasteiger partial charge < -0.3 is 14.8 Å². The van der Waals surface area contributed by atoms with Gasteiger partial charge in [-0.15, -0.1) is 0 Å². The first-order valence-corrected chi connectivity index (χ1v) is 7.41. The van der Waals surface area contributed by atoms with Gasteiger partial charge in [-0.25, -0.2) is 0 Å². The SMILES string of the molecule is COc1cccc(-c2ccccc2CO[C@H]2CCNC2)c1. The van der Waals surface area contributed by atoms with Crippen molar-refractivity contribution in [2.45, 2.75) is 19.1 Å².